The molecule has 4 heterocycles. The van der Waals surface area contributed by atoms with E-state index in [1.54, 1.807) is 18.6 Å². The number of benzene rings is 1. The highest BCUT2D eigenvalue weighted by Crippen LogP contribution is 2.32. The summed E-state index contributed by atoms with van der Waals surface area (Å²) >= 11 is 0. The molecular weight excluding hydrogens is 404 g/mol. The molecule has 0 spiro atoms. The Kier molecular flexibility index (Phi) is 5.55. The predicted molar refractivity (Wildman–Crippen MR) is 120 cm³/mol. The van der Waals surface area contributed by atoms with Crippen LogP contribution >= 0.6 is 0 Å². The van der Waals surface area contributed by atoms with E-state index in [4.69, 9.17) is 4.52 Å². The van der Waals surface area contributed by atoms with E-state index in [0.29, 0.717) is 17.6 Å². The summed E-state index contributed by atoms with van der Waals surface area (Å²) in [5.74, 6) is 1.43. The van der Waals surface area contributed by atoms with Gasteiger partial charge in [-0.3, -0.25) is 14.6 Å². The molecular formula is C24H26N6O2. The van der Waals surface area contributed by atoms with Gasteiger partial charge in [0.05, 0.1) is 23.6 Å². The molecule has 5 rings (SSSR count). The highest BCUT2D eigenvalue weighted by molar-refractivity contribution is 5.77. The standard InChI is InChI=1S/C24H26N6O2/c1-16(2)12-30-22(18-7-9-25-10-8-18)21(11-26-30)24-27-23(28-32-24)19-5-3-17(4-6-19)13-29-14-20(31)15-29/h3-11,16,20,31H,12-15H2,1-2H3. The molecule has 4 aromatic rings. The number of pyridine rings is 1. The van der Waals surface area contributed by atoms with Crippen LogP contribution in [0.25, 0.3) is 34.1 Å². The van der Waals surface area contributed by atoms with E-state index >= 15 is 0 Å². The van der Waals surface area contributed by atoms with E-state index < -0.39 is 0 Å². The fourth-order valence-corrected chi connectivity index (χ4v) is 3.98. The monoisotopic (exact) mass is 430 g/mol. The van der Waals surface area contributed by atoms with E-state index in [1.165, 1.54) is 5.56 Å². The lowest BCUT2D eigenvalue weighted by Crippen LogP contribution is -2.49. The first-order chi connectivity index (χ1) is 15.6. The summed E-state index contributed by atoms with van der Waals surface area (Å²) < 4.78 is 7.64. The lowest BCUT2D eigenvalue weighted by molar-refractivity contribution is -0.00286. The quantitative estimate of drug-likeness (QED) is 0.480. The normalized spacial score (nSPS) is 14.8. The van der Waals surface area contributed by atoms with Gasteiger partial charge in [0.2, 0.25) is 5.82 Å². The van der Waals surface area contributed by atoms with Gasteiger partial charge < -0.3 is 9.63 Å². The molecule has 8 nitrogen and oxygen atoms in total. The zero-order chi connectivity index (χ0) is 22.1. The Morgan fingerprint density at radius 1 is 1.06 bits per heavy atom. The Labute approximate surface area is 186 Å². The van der Waals surface area contributed by atoms with Crippen LogP contribution in [0.15, 0.2) is 59.5 Å². The van der Waals surface area contributed by atoms with Crippen LogP contribution in [0.5, 0.6) is 0 Å². The summed E-state index contributed by atoms with van der Waals surface area (Å²) in [6, 6.07) is 12.1. The van der Waals surface area contributed by atoms with Gasteiger partial charge >= 0.3 is 0 Å². The molecule has 1 aliphatic rings. The average molecular weight is 431 g/mol. The molecule has 0 unspecified atom stereocenters. The van der Waals surface area contributed by atoms with Gasteiger partial charge in [-0.25, -0.2) is 0 Å². The van der Waals surface area contributed by atoms with Crippen molar-refractivity contribution in [1.29, 1.82) is 0 Å². The van der Waals surface area contributed by atoms with E-state index in [-0.39, 0.29) is 6.10 Å². The van der Waals surface area contributed by atoms with Gasteiger partial charge in [0.25, 0.3) is 5.89 Å². The molecule has 0 aliphatic carbocycles. The van der Waals surface area contributed by atoms with E-state index in [2.05, 4.69) is 51.1 Å². The van der Waals surface area contributed by atoms with Crippen LogP contribution in [0.3, 0.4) is 0 Å². The topological polar surface area (TPSA) is 93.1 Å². The third-order valence-corrected chi connectivity index (χ3v) is 5.54. The highest BCUT2D eigenvalue weighted by atomic mass is 16.5. The SMILES string of the molecule is CC(C)Cn1ncc(-c2nc(-c3ccc(CN4CC(O)C4)cc3)no2)c1-c1ccncc1. The van der Waals surface area contributed by atoms with Crippen molar-refractivity contribution in [1.82, 2.24) is 29.8 Å². The molecule has 1 saturated heterocycles. The predicted octanol–water partition coefficient (Wildman–Crippen LogP) is 3.49. The molecule has 0 atom stereocenters. The minimum atomic E-state index is -0.186. The third-order valence-electron chi connectivity index (χ3n) is 5.54. The number of likely N-dealkylation sites (tertiary alicyclic amines) is 1. The van der Waals surface area contributed by atoms with Gasteiger partial charge in [-0.1, -0.05) is 43.3 Å². The van der Waals surface area contributed by atoms with Crippen LogP contribution in [0.1, 0.15) is 19.4 Å². The zero-order valence-corrected chi connectivity index (χ0v) is 18.2. The van der Waals surface area contributed by atoms with Crippen LogP contribution in [0, 0.1) is 5.92 Å². The number of aliphatic hydroxyl groups excluding tert-OH is 1. The van der Waals surface area contributed by atoms with E-state index in [9.17, 15) is 5.11 Å². The minimum Gasteiger partial charge on any atom is -0.390 e. The Balaban J connectivity index is 1.41. The van der Waals surface area contributed by atoms with Gasteiger partial charge in [0, 0.05) is 49.7 Å². The smallest absolute Gasteiger partial charge is 0.262 e. The molecule has 164 valence electrons. The van der Waals surface area contributed by atoms with E-state index in [0.717, 1.165) is 48.6 Å². The molecule has 1 aromatic carbocycles. The zero-order valence-electron chi connectivity index (χ0n) is 18.2. The van der Waals surface area contributed by atoms with Crippen molar-refractivity contribution in [2.24, 2.45) is 5.92 Å². The van der Waals surface area contributed by atoms with Crippen LogP contribution in [0.2, 0.25) is 0 Å². The number of hydrogen-bond acceptors (Lipinski definition) is 7. The molecule has 1 aliphatic heterocycles. The maximum absolute atomic E-state index is 9.44. The summed E-state index contributed by atoms with van der Waals surface area (Å²) in [6.45, 7) is 7.42. The van der Waals surface area contributed by atoms with E-state index in [1.807, 2.05) is 28.9 Å². The molecule has 0 bridgehead atoms. The first-order valence-corrected chi connectivity index (χ1v) is 10.9. The molecule has 8 heteroatoms. The van der Waals surface area contributed by atoms with Gasteiger partial charge in [0.1, 0.15) is 0 Å². The van der Waals surface area contributed by atoms with Crippen molar-refractivity contribution >= 4 is 0 Å². The summed E-state index contributed by atoms with van der Waals surface area (Å²) in [5.41, 5.74) is 4.85. The third kappa shape index (κ3) is 4.19. The Morgan fingerprint density at radius 2 is 1.81 bits per heavy atom. The number of hydrogen-bond donors (Lipinski definition) is 1. The number of nitrogens with zero attached hydrogens (tertiary/aromatic N) is 6. The lowest BCUT2D eigenvalue weighted by Gasteiger charge is -2.35. The molecule has 0 amide bonds. The first kappa shape index (κ1) is 20.5. The number of aromatic nitrogens is 5. The highest BCUT2D eigenvalue weighted by Gasteiger charge is 2.24. The fraction of sp³-hybridized carbons (Fsp3) is 0.333. The Hall–Kier alpha value is -3.36. The molecule has 32 heavy (non-hydrogen) atoms. The van der Waals surface area contributed by atoms with Crippen LogP contribution < -0.4 is 0 Å². The number of rotatable bonds is 7. The fourth-order valence-electron chi connectivity index (χ4n) is 3.98. The van der Waals surface area contributed by atoms with Gasteiger partial charge in [-0.2, -0.15) is 10.1 Å². The lowest BCUT2D eigenvalue weighted by atomic mass is 10.1. The minimum absolute atomic E-state index is 0.186. The largest absolute Gasteiger partial charge is 0.390 e. The van der Waals surface area contributed by atoms with Crippen molar-refractivity contribution in [3.63, 3.8) is 0 Å². The van der Waals surface area contributed by atoms with Gasteiger partial charge in [-0.15, -0.1) is 0 Å². The second kappa shape index (κ2) is 8.64. The van der Waals surface area contributed by atoms with Crippen LogP contribution in [-0.2, 0) is 13.1 Å². The summed E-state index contributed by atoms with van der Waals surface area (Å²) in [7, 11) is 0. The van der Waals surface area contributed by atoms with Crippen molar-refractivity contribution in [2.75, 3.05) is 13.1 Å². The number of β-amino-alcohol motifs (C(OH)–C–C–N with tert-alkyl or cyclic N) is 1. The number of aliphatic hydroxyl groups is 1. The second-order valence-electron chi connectivity index (χ2n) is 8.69. The van der Waals surface area contributed by atoms with Crippen molar-refractivity contribution in [2.45, 2.75) is 33.0 Å². The molecule has 0 radical (unpaired) electrons. The van der Waals surface area contributed by atoms with Gasteiger partial charge in [-0.05, 0) is 23.6 Å². The molecule has 3 aromatic heterocycles. The summed E-state index contributed by atoms with van der Waals surface area (Å²) in [5, 5.41) is 18.3. The Bertz CT molecular complexity index is 1180. The summed E-state index contributed by atoms with van der Waals surface area (Å²) in [6.07, 6.45) is 5.15. The molecule has 1 N–H and O–H groups in total. The van der Waals surface area contributed by atoms with Crippen molar-refractivity contribution in [3.05, 3.63) is 60.6 Å². The van der Waals surface area contributed by atoms with Crippen LogP contribution in [-0.4, -0.2) is 54.1 Å². The van der Waals surface area contributed by atoms with Crippen molar-refractivity contribution < 1.29 is 9.63 Å². The second-order valence-corrected chi connectivity index (χ2v) is 8.69. The Morgan fingerprint density at radius 3 is 2.50 bits per heavy atom. The van der Waals surface area contributed by atoms with Crippen LogP contribution in [0.4, 0.5) is 0 Å². The maximum atomic E-state index is 9.44. The van der Waals surface area contributed by atoms with Crippen molar-refractivity contribution in [3.8, 4) is 34.1 Å². The maximum Gasteiger partial charge on any atom is 0.262 e. The van der Waals surface area contributed by atoms with Gasteiger partial charge in [0.15, 0.2) is 0 Å². The molecule has 1 fully saturated rings. The first-order valence-electron chi connectivity index (χ1n) is 10.9. The average Bonchev–Trinajstić information content (AvgIpc) is 3.41. The molecule has 0 saturated carbocycles. The summed E-state index contributed by atoms with van der Waals surface area (Å²) in [4.78, 5) is 11.0.